The monoisotopic (exact) mass is 275 g/mol. The van der Waals surface area contributed by atoms with Gasteiger partial charge in [-0.15, -0.1) is 0 Å². The zero-order chi connectivity index (χ0) is 12.7. The number of thioether (sulfide) groups is 1. The second-order valence-corrected chi connectivity index (χ2v) is 6.41. The van der Waals surface area contributed by atoms with E-state index in [1.807, 2.05) is 24.0 Å². The normalized spacial score (nSPS) is 27.4. The predicted octanol–water partition coefficient (Wildman–Crippen LogP) is 2.61. The Morgan fingerprint density at radius 1 is 1.37 bits per heavy atom. The molecule has 4 rings (SSSR count). The molecular formula is C14H17N3OS. The third-order valence-corrected chi connectivity index (χ3v) is 5.19. The number of fused-ring (bicyclic) bond motifs is 1. The first-order chi connectivity index (χ1) is 9.43. The molecule has 0 spiro atoms. The Bertz CT molecular complexity index is 585. The van der Waals surface area contributed by atoms with Crippen LogP contribution >= 0.6 is 11.8 Å². The van der Waals surface area contributed by atoms with Gasteiger partial charge in [0.15, 0.2) is 5.65 Å². The van der Waals surface area contributed by atoms with Crippen molar-refractivity contribution in [2.75, 3.05) is 24.7 Å². The minimum Gasteiger partial charge on any atom is -0.381 e. The zero-order valence-corrected chi connectivity index (χ0v) is 11.6. The summed E-state index contributed by atoms with van der Waals surface area (Å²) in [5, 5.41) is 0. The standard InChI is InChI=1S/C14H17N3OS/c1-2-12-14(15-5-1)17(11-4-7-19-9-11)13(16-12)10-3-6-18-8-10/h1-2,5,10-11H,3-4,6-9H2. The van der Waals surface area contributed by atoms with E-state index in [4.69, 9.17) is 9.72 Å². The Kier molecular flexibility index (Phi) is 2.96. The van der Waals surface area contributed by atoms with E-state index in [-0.39, 0.29) is 0 Å². The predicted molar refractivity (Wildman–Crippen MR) is 76.7 cm³/mol. The molecule has 0 saturated carbocycles. The van der Waals surface area contributed by atoms with Gasteiger partial charge in [0.25, 0.3) is 0 Å². The highest BCUT2D eigenvalue weighted by molar-refractivity contribution is 7.99. The van der Waals surface area contributed by atoms with Crippen LogP contribution in [0.25, 0.3) is 11.2 Å². The lowest BCUT2D eigenvalue weighted by Crippen LogP contribution is -2.15. The quantitative estimate of drug-likeness (QED) is 0.844. The molecule has 0 N–H and O–H groups in total. The van der Waals surface area contributed by atoms with Crippen molar-refractivity contribution in [2.45, 2.75) is 24.8 Å². The van der Waals surface area contributed by atoms with E-state index in [0.29, 0.717) is 12.0 Å². The van der Waals surface area contributed by atoms with E-state index < -0.39 is 0 Å². The van der Waals surface area contributed by atoms with Crippen LogP contribution in [0.2, 0.25) is 0 Å². The second-order valence-electron chi connectivity index (χ2n) is 5.26. The van der Waals surface area contributed by atoms with Crippen molar-refractivity contribution in [3.8, 4) is 0 Å². The molecule has 2 fully saturated rings. The van der Waals surface area contributed by atoms with E-state index in [9.17, 15) is 0 Å². The largest absolute Gasteiger partial charge is 0.381 e. The third-order valence-electron chi connectivity index (χ3n) is 4.04. The van der Waals surface area contributed by atoms with Gasteiger partial charge in [-0.3, -0.25) is 0 Å². The van der Waals surface area contributed by atoms with Crippen molar-refractivity contribution >= 4 is 22.9 Å². The highest BCUT2D eigenvalue weighted by Gasteiger charge is 2.29. The van der Waals surface area contributed by atoms with Crippen LogP contribution in [-0.4, -0.2) is 39.3 Å². The maximum Gasteiger partial charge on any atom is 0.160 e. The second kappa shape index (κ2) is 4.80. The molecule has 0 bridgehead atoms. The van der Waals surface area contributed by atoms with Crippen molar-refractivity contribution in [1.29, 1.82) is 0 Å². The van der Waals surface area contributed by atoms with Crippen LogP contribution in [0.4, 0.5) is 0 Å². The van der Waals surface area contributed by atoms with Crippen LogP contribution in [0.3, 0.4) is 0 Å². The van der Waals surface area contributed by atoms with E-state index in [1.165, 1.54) is 23.8 Å². The van der Waals surface area contributed by atoms with Crippen LogP contribution in [0.15, 0.2) is 18.3 Å². The Morgan fingerprint density at radius 3 is 3.16 bits per heavy atom. The van der Waals surface area contributed by atoms with Crippen LogP contribution in [0.5, 0.6) is 0 Å². The van der Waals surface area contributed by atoms with Crippen LogP contribution in [0.1, 0.15) is 30.6 Å². The molecule has 5 heteroatoms. The molecule has 2 aliphatic heterocycles. The van der Waals surface area contributed by atoms with E-state index in [1.54, 1.807) is 0 Å². The van der Waals surface area contributed by atoms with Gasteiger partial charge < -0.3 is 9.30 Å². The van der Waals surface area contributed by atoms with Gasteiger partial charge in [-0.25, -0.2) is 9.97 Å². The number of ether oxygens (including phenoxy) is 1. The summed E-state index contributed by atoms with van der Waals surface area (Å²) in [5.74, 6) is 4.07. The van der Waals surface area contributed by atoms with Gasteiger partial charge >= 0.3 is 0 Å². The summed E-state index contributed by atoms with van der Waals surface area (Å²) in [6, 6.07) is 4.60. The topological polar surface area (TPSA) is 39.9 Å². The van der Waals surface area contributed by atoms with E-state index in [2.05, 4.69) is 15.6 Å². The molecule has 0 aliphatic carbocycles. The maximum absolute atomic E-state index is 5.55. The summed E-state index contributed by atoms with van der Waals surface area (Å²) >= 11 is 2.03. The molecule has 2 aliphatic rings. The number of imidazole rings is 1. The van der Waals surface area contributed by atoms with Crippen LogP contribution < -0.4 is 0 Å². The number of pyridine rings is 1. The summed E-state index contributed by atoms with van der Waals surface area (Å²) in [6.07, 6.45) is 4.19. The Balaban J connectivity index is 1.87. The SMILES string of the molecule is c1cnc2c(c1)nc(C1CCOC1)n2C1CCSC1. The third kappa shape index (κ3) is 1.96. The lowest BCUT2D eigenvalue weighted by Gasteiger charge is -2.17. The Morgan fingerprint density at radius 2 is 2.37 bits per heavy atom. The van der Waals surface area contributed by atoms with Crippen molar-refractivity contribution in [3.63, 3.8) is 0 Å². The summed E-state index contributed by atoms with van der Waals surface area (Å²) in [5.41, 5.74) is 2.08. The average Bonchev–Trinajstić information content (AvgIpc) is 3.17. The lowest BCUT2D eigenvalue weighted by molar-refractivity contribution is 0.192. The van der Waals surface area contributed by atoms with Crippen molar-refractivity contribution in [2.24, 2.45) is 0 Å². The first-order valence-electron chi connectivity index (χ1n) is 6.92. The number of rotatable bonds is 2. The molecule has 0 radical (unpaired) electrons. The fourth-order valence-electron chi connectivity index (χ4n) is 3.06. The van der Waals surface area contributed by atoms with E-state index >= 15 is 0 Å². The lowest BCUT2D eigenvalue weighted by atomic mass is 10.1. The van der Waals surface area contributed by atoms with Gasteiger partial charge in [-0.1, -0.05) is 0 Å². The summed E-state index contributed by atoms with van der Waals surface area (Å²) in [6.45, 7) is 1.67. The molecule has 2 aromatic heterocycles. The molecule has 0 amide bonds. The van der Waals surface area contributed by atoms with Gasteiger partial charge in [-0.2, -0.15) is 11.8 Å². The van der Waals surface area contributed by atoms with Gasteiger partial charge in [0.1, 0.15) is 11.3 Å². The van der Waals surface area contributed by atoms with Crippen LogP contribution in [-0.2, 0) is 4.74 Å². The van der Waals surface area contributed by atoms with Gasteiger partial charge in [-0.05, 0) is 30.7 Å². The number of hydrogen-bond donors (Lipinski definition) is 0. The molecule has 4 nitrogen and oxygen atoms in total. The molecule has 19 heavy (non-hydrogen) atoms. The highest BCUT2D eigenvalue weighted by atomic mass is 32.2. The molecule has 4 heterocycles. The van der Waals surface area contributed by atoms with E-state index in [0.717, 1.165) is 30.8 Å². The Labute approximate surface area is 116 Å². The van der Waals surface area contributed by atoms with Crippen molar-refractivity contribution in [3.05, 3.63) is 24.2 Å². The van der Waals surface area contributed by atoms with Gasteiger partial charge in [0, 0.05) is 30.5 Å². The molecule has 100 valence electrons. The highest BCUT2D eigenvalue weighted by Crippen LogP contribution is 2.35. The van der Waals surface area contributed by atoms with Gasteiger partial charge in [0.2, 0.25) is 0 Å². The van der Waals surface area contributed by atoms with Crippen LogP contribution in [0, 0.1) is 0 Å². The summed E-state index contributed by atoms with van der Waals surface area (Å²) in [4.78, 5) is 9.42. The fourth-order valence-corrected chi connectivity index (χ4v) is 4.25. The number of hydrogen-bond acceptors (Lipinski definition) is 4. The molecule has 2 saturated heterocycles. The number of aromatic nitrogens is 3. The molecule has 2 atom stereocenters. The smallest absolute Gasteiger partial charge is 0.160 e. The Hall–Kier alpha value is -1.07. The molecule has 2 aromatic rings. The first kappa shape index (κ1) is 11.7. The zero-order valence-electron chi connectivity index (χ0n) is 10.8. The minimum absolute atomic E-state index is 0.444. The average molecular weight is 275 g/mol. The van der Waals surface area contributed by atoms with Crippen molar-refractivity contribution in [1.82, 2.24) is 14.5 Å². The minimum atomic E-state index is 0.444. The molecule has 2 unspecified atom stereocenters. The molecule has 0 aromatic carbocycles. The summed E-state index contributed by atoms with van der Waals surface area (Å²) < 4.78 is 7.94. The number of nitrogens with zero attached hydrogens (tertiary/aromatic N) is 3. The maximum atomic E-state index is 5.55. The van der Waals surface area contributed by atoms with Gasteiger partial charge in [0.05, 0.1) is 6.61 Å². The summed E-state index contributed by atoms with van der Waals surface area (Å²) in [7, 11) is 0. The first-order valence-corrected chi connectivity index (χ1v) is 8.07. The fraction of sp³-hybridized carbons (Fsp3) is 0.571. The van der Waals surface area contributed by atoms with Crippen molar-refractivity contribution < 1.29 is 4.74 Å². The molecular weight excluding hydrogens is 258 g/mol.